The van der Waals surface area contributed by atoms with Gasteiger partial charge < -0.3 is 19.6 Å². The molecule has 0 radical (unpaired) electrons. The molecule has 8 heteroatoms. The third-order valence-corrected chi connectivity index (χ3v) is 11.6. The van der Waals surface area contributed by atoms with Gasteiger partial charge in [0.15, 0.2) is 0 Å². The largest absolute Gasteiger partial charge is 0.466 e. The van der Waals surface area contributed by atoms with Crippen molar-refractivity contribution < 1.29 is 24.2 Å². The van der Waals surface area contributed by atoms with Gasteiger partial charge >= 0.3 is 5.97 Å². The molecule has 7 atom stereocenters. The highest BCUT2D eigenvalue weighted by atomic mass is 32.2. The van der Waals surface area contributed by atoms with E-state index in [1.54, 1.807) is 34.6 Å². The molecule has 2 bridgehead atoms. The quantitative estimate of drug-likeness (QED) is 0.265. The Morgan fingerprint density at radius 2 is 1.86 bits per heavy atom. The van der Waals surface area contributed by atoms with Crippen LogP contribution >= 0.6 is 11.8 Å². The van der Waals surface area contributed by atoms with E-state index in [9.17, 15) is 14.7 Å². The van der Waals surface area contributed by atoms with Crippen LogP contribution < -0.4 is 4.90 Å². The second-order valence-electron chi connectivity index (χ2n) is 11.8. The van der Waals surface area contributed by atoms with Crippen molar-refractivity contribution in [2.45, 2.75) is 48.8 Å². The number of ether oxygens (including phenoxy) is 1. The highest BCUT2D eigenvalue weighted by Crippen LogP contribution is 2.69. The summed E-state index contributed by atoms with van der Waals surface area (Å²) in [6.45, 7) is 7.97. The molecule has 3 unspecified atom stereocenters. The first-order chi connectivity index (χ1) is 20.8. The predicted octanol–water partition coefficient (Wildman–Crippen LogP) is 4.86. The monoisotopic (exact) mass is 598 g/mol. The van der Waals surface area contributed by atoms with E-state index >= 15 is 4.79 Å². The maximum Gasteiger partial charge on any atom is 0.310 e. The fraction of sp³-hybridized carbons (Fsp3) is 0.400. The average molecular weight is 599 g/mol. The summed E-state index contributed by atoms with van der Waals surface area (Å²) in [7, 11) is 0. The highest BCUT2D eigenvalue weighted by Gasteiger charge is 2.77. The van der Waals surface area contributed by atoms with E-state index in [0.29, 0.717) is 12.1 Å². The standard InChI is InChI=1S/C35H38N2O5S/c1-4-17-36(26-16-15-24-13-9-10-14-25(24)20-26)33(40)31-35-22(3)18-28(43-35)29(34(41)42-5-2)30(35)32(39)37(31)27(21-38)19-23-11-7-6-8-12-23/h4,6-16,20,22,27-31,38H,1,5,17-19,21H2,2-3H3/t22?,27-,28-,29+,30+,31?,35?/m1/s1. The van der Waals surface area contributed by atoms with Crippen molar-refractivity contribution in [3.8, 4) is 0 Å². The van der Waals surface area contributed by atoms with Crippen molar-refractivity contribution in [1.29, 1.82) is 0 Å². The number of aliphatic hydroxyl groups is 1. The number of fused-ring (bicyclic) bond motifs is 2. The number of esters is 1. The van der Waals surface area contributed by atoms with Crippen LogP contribution in [0.2, 0.25) is 0 Å². The topological polar surface area (TPSA) is 87.2 Å². The molecular weight excluding hydrogens is 560 g/mol. The first-order valence-corrected chi connectivity index (χ1v) is 16.0. The Morgan fingerprint density at radius 3 is 2.56 bits per heavy atom. The lowest BCUT2D eigenvalue weighted by Gasteiger charge is -2.42. The number of likely N-dealkylation sites (tertiary alicyclic amines) is 1. The second-order valence-corrected chi connectivity index (χ2v) is 13.4. The van der Waals surface area contributed by atoms with Gasteiger partial charge in [-0.05, 0) is 54.2 Å². The fourth-order valence-electron chi connectivity index (χ4n) is 7.72. The number of amides is 2. The Hall–Kier alpha value is -3.62. The molecule has 3 aliphatic heterocycles. The molecule has 43 heavy (non-hydrogen) atoms. The molecule has 7 nitrogen and oxygen atoms in total. The Labute approximate surface area is 256 Å². The lowest BCUT2D eigenvalue weighted by molar-refractivity contribution is -0.154. The van der Waals surface area contributed by atoms with Gasteiger partial charge in [-0.3, -0.25) is 14.4 Å². The van der Waals surface area contributed by atoms with Crippen LogP contribution in [0.5, 0.6) is 0 Å². The van der Waals surface area contributed by atoms with Crippen LogP contribution in [0.3, 0.4) is 0 Å². The summed E-state index contributed by atoms with van der Waals surface area (Å²) in [6, 6.07) is 22.1. The van der Waals surface area contributed by atoms with Crippen molar-refractivity contribution in [1.82, 2.24) is 4.90 Å². The summed E-state index contributed by atoms with van der Waals surface area (Å²) in [5.41, 5.74) is 1.67. The van der Waals surface area contributed by atoms with Gasteiger partial charge in [0.1, 0.15) is 6.04 Å². The Kier molecular flexibility index (Phi) is 8.09. The lowest BCUT2D eigenvalue weighted by Crippen LogP contribution is -2.59. The van der Waals surface area contributed by atoms with E-state index in [2.05, 4.69) is 13.5 Å². The fourth-order valence-corrected chi connectivity index (χ4v) is 10.1. The summed E-state index contributed by atoms with van der Waals surface area (Å²) in [5, 5.41) is 12.7. The van der Waals surface area contributed by atoms with Crippen molar-refractivity contribution in [2.24, 2.45) is 17.8 Å². The zero-order chi connectivity index (χ0) is 30.3. The molecular formula is C35H38N2O5S. The number of benzene rings is 3. The van der Waals surface area contributed by atoms with Gasteiger partial charge in [0, 0.05) is 17.5 Å². The number of hydrogen-bond acceptors (Lipinski definition) is 6. The van der Waals surface area contributed by atoms with Gasteiger partial charge in [-0.2, -0.15) is 0 Å². The van der Waals surface area contributed by atoms with Gasteiger partial charge in [-0.25, -0.2) is 0 Å². The predicted molar refractivity (Wildman–Crippen MR) is 170 cm³/mol. The van der Waals surface area contributed by atoms with E-state index < -0.39 is 28.7 Å². The summed E-state index contributed by atoms with van der Waals surface area (Å²) in [6.07, 6.45) is 2.80. The first-order valence-electron chi connectivity index (χ1n) is 15.1. The number of nitrogens with zero attached hydrogens (tertiary/aromatic N) is 2. The van der Waals surface area contributed by atoms with Gasteiger partial charge in [-0.1, -0.05) is 73.7 Å². The van der Waals surface area contributed by atoms with Crippen molar-refractivity contribution in [3.63, 3.8) is 0 Å². The molecule has 0 aromatic heterocycles. The molecule has 0 saturated carbocycles. The van der Waals surface area contributed by atoms with Crippen molar-refractivity contribution in [3.05, 3.63) is 91.0 Å². The van der Waals surface area contributed by atoms with Crippen molar-refractivity contribution >= 4 is 46.0 Å². The summed E-state index contributed by atoms with van der Waals surface area (Å²) >= 11 is 1.61. The van der Waals surface area contributed by atoms with Crippen LogP contribution in [0.1, 0.15) is 25.8 Å². The summed E-state index contributed by atoms with van der Waals surface area (Å²) < 4.78 is 4.67. The van der Waals surface area contributed by atoms with Crippen LogP contribution in [0, 0.1) is 17.8 Å². The molecule has 3 fully saturated rings. The Morgan fingerprint density at radius 1 is 1.14 bits per heavy atom. The van der Waals surface area contributed by atoms with Gasteiger partial charge in [0.25, 0.3) is 5.91 Å². The molecule has 6 rings (SSSR count). The molecule has 0 aliphatic carbocycles. The molecule has 2 amide bonds. The van der Waals surface area contributed by atoms with E-state index in [1.807, 2.05) is 72.8 Å². The third-order valence-electron chi connectivity index (χ3n) is 9.52. The zero-order valence-electron chi connectivity index (χ0n) is 24.6. The number of aliphatic hydroxyl groups excluding tert-OH is 1. The molecule has 1 N–H and O–H groups in total. The normalized spacial score (nSPS) is 28.1. The van der Waals surface area contributed by atoms with Gasteiger partial charge in [0.2, 0.25) is 5.91 Å². The number of carbonyl (C=O) groups is 3. The minimum atomic E-state index is -0.873. The van der Waals surface area contributed by atoms with Crippen LogP contribution in [-0.2, 0) is 25.5 Å². The molecule has 3 heterocycles. The summed E-state index contributed by atoms with van der Waals surface area (Å²) in [5.74, 6) is -2.17. The van der Waals surface area contributed by atoms with Gasteiger partial charge in [-0.15, -0.1) is 18.3 Å². The number of carbonyl (C=O) groups excluding carboxylic acids is 3. The van der Waals surface area contributed by atoms with E-state index in [0.717, 1.165) is 22.8 Å². The SMILES string of the molecule is C=CCN(C(=O)C1N([C@@H](CO)Cc2ccccc2)C(=O)[C@@H]2[C@@H](C(=O)OCC)[C@H]3CC(C)C12S3)c1ccc2ccccc2c1. The van der Waals surface area contributed by atoms with Crippen LogP contribution in [0.25, 0.3) is 10.8 Å². The van der Waals surface area contributed by atoms with E-state index in [1.165, 1.54) is 0 Å². The van der Waals surface area contributed by atoms with E-state index in [-0.39, 0.29) is 48.7 Å². The maximum atomic E-state index is 15.0. The molecule has 3 aromatic carbocycles. The lowest BCUT2D eigenvalue weighted by atomic mass is 9.66. The summed E-state index contributed by atoms with van der Waals surface area (Å²) in [4.78, 5) is 46.4. The second kappa shape index (κ2) is 11.8. The van der Waals surface area contributed by atoms with Crippen molar-refractivity contribution in [2.75, 3.05) is 24.7 Å². The molecule has 3 saturated heterocycles. The number of thioether (sulfide) groups is 1. The number of hydrogen-bond donors (Lipinski definition) is 1. The van der Waals surface area contributed by atoms with Crippen LogP contribution in [0.4, 0.5) is 5.69 Å². The zero-order valence-corrected chi connectivity index (χ0v) is 25.4. The Bertz CT molecular complexity index is 1550. The van der Waals surface area contributed by atoms with Crippen LogP contribution in [0.15, 0.2) is 85.5 Å². The van der Waals surface area contributed by atoms with Crippen LogP contribution in [-0.4, -0.2) is 69.6 Å². The minimum Gasteiger partial charge on any atom is -0.466 e. The third kappa shape index (κ3) is 4.75. The van der Waals surface area contributed by atoms with E-state index in [4.69, 9.17) is 4.74 Å². The first kappa shape index (κ1) is 29.5. The molecule has 224 valence electrons. The Balaban J connectivity index is 1.48. The smallest absolute Gasteiger partial charge is 0.310 e. The minimum absolute atomic E-state index is 0.000621. The highest BCUT2D eigenvalue weighted by molar-refractivity contribution is 8.02. The molecule has 3 aliphatic rings. The van der Waals surface area contributed by atoms with Gasteiger partial charge in [0.05, 0.1) is 35.8 Å². The number of anilines is 1. The molecule has 1 spiro atoms. The maximum absolute atomic E-state index is 15.0. The molecule has 3 aromatic rings. The average Bonchev–Trinajstić information content (AvgIpc) is 3.62. The number of rotatable bonds is 10.